The van der Waals surface area contributed by atoms with Gasteiger partial charge in [0.1, 0.15) is 0 Å². The van der Waals surface area contributed by atoms with Crippen LogP contribution in [0.2, 0.25) is 5.02 Å². The lowest BCUT2D eigenvalue weighted by Crippen LogP contribution is -2.53. The number of benzene rings is 1. The fourth-order valence-corrected chi connectivity index (χ4v) is 2.75. The van der Waals surface area contributed by atoms with Crippen LogP contribution in [0.1, 0.15) is 26.3 Å². The molecule has 4 heteroatoms. The summed E-state index contributed by atoms with van der Waals surface area (Å²) >= 11 is 6.26. The summed E-state index contributed by atoms with van der Waals surface area (Å²) in [5.74, 6) is 0. The molecule has 19 heavy (non-hydrogen) atoms. The van der Waals surface area contributed by atoms with E-state index >= 15 is 0 Å². The lowest BCUT2D eigenvalue weighted by Gasteiger charge is -2.43. The van der Waals surface area contributed by atoms with Crippen LogP contribution < -0.4 is 4.90 Å². The van der Waals surface area contributed by atoms with Gasteiger partial charge in [0.15, 0.2) is 0 Å². The molecule has 0 amide bonds. The molecule has 0 spiro atoms. The second-order valence-electron chi connectivity index (χ2n) is 5.92. The van der Waals surface area contributed by atoms with Crippen LogP contribution in [0.5, 0.6) is 0 Å². The van der Waals surface area contributed by atoms with Crippen LogP contribution in [0.4, 0.5) is 5.69 Å². The summed E-state index contributed by atoms with van der Waals surface area (Å²) in [4.78, 5) is 4.78. The molecular formula is C15H20ClN3. The van der Waals surface area contributed by atoms with Crippen molar-refractivity contribution in [3.63, 3.8) is 0 Å². The molecule has 0 aromatic heterocycles. The van der Waals surface area contributed by atoms with Crippen molar-refractivity contribution in [3.05, 3.63) is 28.8 Å². The van der Waals surface area contributed by atoms with Gasteiger partial charge in [0.05, 0.1) is 22.3 Å². The Morgan fingerprint density at radius 3 is 2.26 bits per heavy atom. The summed E-state index contributed by atoms with van der Waals surface area (Å²) in [5.41, 5.74) is 1.87. The van der Waals surface area contributed by atoms with Gasteiger partial charge >= 0.3 is 0 Å². The van der Waals surface area contributed by atoms with Gasteiger partial charge < -0.3 is 4.90 Å². The minimum atomic E-state index is 0.223. The largest absolute Gasteiger partial charge is 0.368 e. The molecule has 1 heterocycles. The predicted octanol–water partition coefficient (Wildman–Crippen LogP) is 3.13. The van der Waals surface area contributed by atoms with Crippen molar-refractivity contribution in [1.82, 2.24) is 4.90 Å². The maximum atomic E-state index is 8.86. The maximum absolute atomic E-state index is 8.86. The molecule has 2 rings (SSSR count). The molecule has 102 valence electrons. The number of nitrogens with zero attached hydrogens (tertiary/aromatic N) is 3. The van der Waals surface area contributed by atoms with Gasteiger partial charge in [-0.1, -0.05) is 11.6 Å². The highest BCUT2D eigenvalue weighted by molar-refractivity contribution is 6.33. The van der Waals surface area contributed by atoms with E-state index in [1.165, 1.54) is 0 Å². The molecule has 1 saturated heterocycles. The van der Waals surface area contributed by atoms with E-state index in [1.807, 2.05) is 12.1 Å². The van der Waals surface area contributed by atoms with Gasteiger partial charge in [0.2, 0.25) is 0 Å². The third-order valence-electron chi connectivity index (χ3n) is 3.65. The van der Waals surface area contributed by atoms with Crippen LogP contribution in [-0.4, -0.2) is 36.6 Å². The van der Waals surface area contributed by atoms with Crippen molar-refractivity contribution in [2.45, 2.75) is 26.3 Å². The Morgan fingerprint density at radius 2 is 1.79 bits per heavy atom. The van der Waals surface area contributed by atoms with Gasteiger partial charge in [-0.15, -0.1) is 0 Å². The van der Waals surface area contributed by atoms with Crippen LogP contribution in [0.25, 0.3) is 0 Å². The highest BCUT2D eigenvalue weighted by Crippen LogP contribution is 2.28. The Labute approximate surface area is 120 Å². The van der Waals surface area contributed by atoms with Crippen molar-refractivity contribution < 1.29 is 0 Å². The summed E-state index contributed by atoms with van der Waals surface area (Å²) in [6, 6.07) is 7.64. The monoisotopic (exact) mass is 277 g/mol. The lowest BCUT2D eigenvalue weighted by molar-refractivity contribution is 0.128. The van der Waals surface area contributed by atoms with E-state index in [4.69, 9.17) is 16.9 Å². The number of halogens is 1. The molecule has 1 aliphatic rings. The topological polar surface area (TPSA) is 30.3 Å². The molecule has 1 aliphatic heterocycles. The first-order valence-corrected chi connectivity index (χ1v) is 6.99. The average molecular weight is 278 g/mol. The smallest absolute Gasteiger partial charge is 0.0992 e. The fraction of sp³-hybridized carbons (Fsp3) is 0.533. The molecular weight excluding hydrogens is 258 g/mol. The van der Waals surface area contributed by atoms with E-state index in [1.54, 1.807) is 6.07 Å². The van der Waals surface area contributed by atoms with Crippen LogP contribution in [-0.2, 0) is 0 Å². The summed E-state index contributed by atoms with van der Waals surface area (Å²) in [6.07, 6.45) is 0. The second-order valence-corrected chi connectivity index (χ2v) is 6.33. The normalized spacial score (nSPS) is 17.3. The number of rotatable bonds is 1. The summed E-state index contributed by atoms with van der Waals surface area (Å²) in [6.45, 7) is 10.8. The number of hydrogen-bond acceptors (Lipinski definition) is 3. The first-order chi connectivity index (χ1) is 8.91. The predicted molar refractivity (Wildman–Crippen MR) is 79.7 cm³/mol. The Bertz CT molecular complexity index is 491. The van der Waals surface area contributed by atoms with E-state index in [-0.39, 0.29) is 5.54 Å². The highest BCUT2D eigenvalue weighted by atomic mass is 35.5. The van der Waals surface area contributed by atoms with Gasteiger partial charge in [-0.25, -0.2) is 0 Å². The van der Waals surface area contributed by atoms with E-state index in [0.717, 1.165) is 31.9 Å². The molecule has 0 N–H and O–H groups in total. The van der Waals surface area contributed by atoms with Crippen molar-refractivity contribution in [1.29, 1.82) is 5.26 Å². The Morgan fingerprint density at radius 1 is 1.16 bits per heavy atom. The molecule has 0 atom stereocenters. The van der Waals surface area contributed by atoms with Gasteiger partial charge in [0.25, 0.3) is 0 Å². The minimum Gasteiger partial charge on any atom is -0.368 e. The highest BCUT2D eigenvalue weighted by Gasteiger charge is 2.26. The SMILES string of the molecule is CC(C)(C)N1CCN(c2ccc(C#N)cc2Cl)CC1. The summed E-state index contributed by atoms with van der Waals surface area (Å²) < 4.78 is 0. The average Bonchev–Trinajstić information content (AvgIpc) is 2.37. The quantitative estimate of drug-likeness (QED) is 0.790. The van der Waals surface area contributed by atoms with Gasteiger partial charge in [-0.3, -0.25) is 4.90 Å². The zero-order valence-corrected chi connectivity index (χ0v) is 12.5. The van der Waals surface area contributed by atoms with Gasteiger partial charge in [0, 0.05) is 31.7 Å². The van der Waals surface area contributed by atoms with Crippen LogP contribution >= 0.6 is 11.6 Å². The molecule has 0 radical (unpaired) electrons. The Kier molecular flexibility index (Phi) is 4.03. The fourth-order valence-electron chi connectivity index (χ4n) is 2.45. The first kappa shape index (κ1) is 14.2. The molecule has 1 aromatic carbocycles. The molecule has 3 nitrogen and oxygen atoms in total. The third-order valence-corrected chi connectivity index (χ3v) is 3.95. The van der Waals surface area contributed by atoms with E-state index in [0.29, 0.717) is 10.6 Å². The van der Waals surface area contributed by atoms with Crippen LogP contribution in [0.15, 0.2) is 18.2 Å². The van der Waals surface area contributed by atoms with Crippen LogP contribution in [0.3, 0.4) is 0 Å². The number of hydrogen-bond donors (Lipinski definition) is 0. The zero-order valence-electron chi connectivity index (χ0n) is 11.8. The third kappa shape index (κ3) is 3.20. The molecule has 0 aliphatic carbocycles. The molecule has 0 bridgehead atoms. The van der Waals surface area contributed by atoms with Crippen molar-refractivity contribution in [3.8, 4) is 6.07 Å². The Balaban J connectivity index is 2.08. The molecule has 0 saturated carbocycles. The lowest BCUT2D eigenvalue weighted by atomic mass is 10.0. The summed E-state index contributed by atoms with van der Waals surface area (Å²) in [5, 5.41) is 9.53. The van der Waals surface area contributed by atoms with E-state index < -0.39 is 0 Å². The number of piperazine rings is 1. The standard InChI is InChI=1S/C15H20ClN3/c1-15(2,3)19-8-6-18(7-9-19)14-5-4-12(11-17)10-13(14)16/h4-5,10H,6-9H2,1-3H3. The van der Waals surface area contributed by atoms with Crippen molar-refractivity contribution >= 4 is 17.3 Å². The van der Waals surface area contributed by atoms with Crippen LogP contribution in [0, 0.1) is 11.3 Å². The molecule has 1 fully saturated rings. The minimum absolute atomic E-state index is 0.223. The van der Waals surface area contributed by atoms with Gasteiger partial charge in [-0.2, -0.15) is 5.26 Å². The Hall–Kier alpha value is -1.24. The number of anilines is 1. The van der Waals surface area contributed by atoms with Gasteiger partial charge in [-0.05, 0) is 39.0 Å². The molecule has 1 aromatic rings. The summed E-state index contributed by atoms with van der Waals surface area (Å²) in [7, 11) is 0. The van der Waals surface area contributed by atoms with Crippen molar-refractivity contribution in [2.24, 2.45) is 0 Å². The molecule has 0 unspecified atom stereocenters. The number of nitriles is 1. The second kappa shape index (κ2) is 5.40. The first-order valence-electron chi connectivity index (χ1n) is 6.61. The van der Waals surface area contributed by atoms with E-state index in [2.05, 4.69) is 36.6 Å². The van der Waals surface area contributed by atoms with Crippen molar-refractivity contribution in [2.75, 3.05) is 31.1 Å². The van der Waals surface area contributed by atoms with E-state index in [9.17, 15) is 0 Å². The maximum Gasteiger partial charge on any atom is 0.0992 e. The zero-order chi connectivity index (χ0) is 14.0.